The van der Waals surface area contributed by atoms with E-state index in [-0.39, 0.29) is 28.8 Å². The average Bonchev–Trinajstić information content (AvgIpc) is 3.51. The summed E-state index contributed by atoms with van der Waals surface area (Å²) >= 11 is 0. The second kappa shape index (κ2) is 11.0. The van der Waals surface area contributed by atoms with Crippen LogP contribution in [0.4, 0.5) is 5.82 Å². The number of carbonyl (C=O) groups is 2. The molecule has 190 valence electrons. The van der Waals surface area contributed by atoms with Crippen molar-refractivity contribution >= 4 is 23.9 Å². The lowest BCUT2D eigenvalue weighted by molar-refractivity contribution is -0.132. The summed E-state index contributed by atoms with van der Waals surface area (Å²) in [6, 6.07) is 11.9. The zero-order chi connectivity index (χ0) is 26.4. The number of methoxy groups -OCH3 is 1. The van der Waals surface area contributed by atoms with Gasteiger partial charge < -0.3 is 19.9 Å². The van der Waals surface area contributed by atoms with Gasteiger partial charge in [-0.25, -0.2) is 10.1 Å². The molecule has 37 heavy (non-hydrogen) atoms. The van der Waals surface area contributed by atoms with Crippen LogP contribution >= 0.6 is 0 Å². The van der Waals surface area contributed by atoms with Gasteiger partial charge in [-0.15, -0.1) is 5.10 Å². The van der Waals surface area contributed by atoms with Crippen LogP contribution in [0.25, 0.3) is 17.1 Å². The summed E-state index contributed by atoms with van der Waals surface area (Å²) in [5.41, 5.74) is 9.39. The standard InChI is InChI=1S/C23H22N8O6/c1-4-35-16-10-8-14(9-11-16)19-18(26-30-31(19)22-21(24)28-37-29-22)23(33)27-25-12-15-6-5-7-17(34-3)20(15)36-13(2)32/h5-12H,4H2,1-3H3,(H2,24,28)(H,27,33)/b25-12-. The van der Waals surface area contributed by atoms with Crippen molar-refractivity contribution in [3.8, 4) is 34.3 Å². The molecule has 0 aliphatic rings. The minimum atomic E-state index is -0.682. The summed E-state index contributed by atoms with van der Waals surface area (Å²) in [6.45, 7) is 3.63. The largest absolute Gasteiger partial charge is 0.494 e. The number of aromatic nitrogens is 5. The van der Waals surface area contributed by atoms with Gasteiger partial charge in [-0.05, 0) is 53.6 Å². The van der Waals surface area contributed by atoms with Crippen LogP contribution in [-0.4, -0.2) is 57.1 Å². The molecule has 3 N–H and O–H groups in total. The summed E-state index contributed by atoms with van der Waals surface area (Å²) in [5.74, 6) is -0.0832. The van der Waals surface area contributed by atoms with E-state index >= 15 is 0 Å². The van der Waals surface area contributed by atoms with Crippen LogP contribution in [0.15, 0.2) is 52.2 Å². The summed E-state index contributed by atoms with van der Waals surface area (Å²) in [4.78, 5) is 24.6. The van der Waals surface area contributed by atoms with Crippen molar-refractivity contribution in [3.63, 3.8) is 0 Å². The summed E-state index contributed by atoms with van der Waals surface area (Å²) in [7, 11) is 1.44. The fourth-order valence-corrected chi connectivity index (χ4v) is 3.32. The number of amides is 1. The van der Waals surface area contributed by atoms with Crippen LogP contribution in [-0.2, 0) is 4.79 Å². The Kier molecular flexibility index (Phi) is 7.37. The number of hydrogen-bond acceptors (Lipinski definition) is 12. The van der Waals surface area contributed by atoms with Crippen molar-refractivity contribution in [1.29, 1.82) is 0 Å². The van der Waals surface area contributed by atoms with Crippen molar-refractivity contribution < 1.29 is 28.4 Å². The van der Waals surface area contributed by atoms with Gasteiger partial charge in [-0.2, -0.15) is 9.78 Å². The number of benzene rings is 2. The third-order valence-corrected chi connectivity index (χ3v) is 4.87. The Hall–Kier alpha value is -5.27. The van der Waals surface area contributed by atoms with Gasteiger partial charge >= 0.3 is 5.97 Å². The van der Waals surface area contributed by atoms with E-state index in [2.05, 4.69) is 35.8 Å². The SMILES string of the molecule is CCOc1ccc(-c2c(C(=O)N/N=C\c3cccc(OC)c3OC(C)=O)nnn2-c2nonc2N)cc1. The molecule has 0 radical (unpaired) electrons. The van der Waals surface area contributed by atoms with Gasteiger partial charge in [0, 0.05) is 18.1 Å². The number of ether oxygens (including phenoxy) is 3. The normalized spacial score (nSPS) is 10.9. The molecule has 4 rings (SSSR count). The fourth-order valence-electron chi connectivity index (χ4n) is 3.32. The van der Waals surface area contributed by atoms with E-state index in [1.165, 1.54) is 24.9 Å². The van der Waals surface area contributed by atoms with Crippen LogP contribution in [0.5, 0.6) is 17.2 Å². The van der Waals surface area contributed by atoms with Crippen molar-refractivity contribution in [2.45, 2.75) is 13.8 Å². The van der Waals surface area contributed by atoms with Crippen LogP contribution in [0, 0.1) is 0 Å². The number of nitrogens with one attached hydrogen (secondary N) is 1. The molecule has 2 aromatic carbocycles. The highest BCUT2D eigenvalue weighted by atomic mass is 16.6. The highest BCUT2D eigenvalue weighted by molar-refractivity contribution is 5.99. The Morgan fingerprint density at radius 3 is 2.62 bits per heavy atom. The first kappa shape index (κ1) is 24.8. The number of esters is 1. The zero-order valence-electron chi connectivity index (χ0n) is 20.0. The van der Waals surface area contributed by atoms with Gasteiger partial charge in [-0.1, -0.05) is 11.3 Å². The Morgan fingerprint density at radius 1 is 1.19 bits per heavy atom. The number of hydrogen-bond donors (Lipinski definition) is 2. The Balaban J connectivity index is 1.66. The second-order valence-corrected chi connectivity index (χ2v) is 7.30. The van der Waals surface area contributed by atoms with Crippen LogP contribution in [0.2, 0.25) is 0 Å². The molecular formula is C23H22N8O6. The molecule has 14 heteroatoms. The van der Waals surface area contributed by atoms with Crippen LogP contribution < -0.4 is 25.4 Å². The number of rotatable bonds is 9. The van der Waals surface area contributed by atoms with E-state index in [9.17, 15) is 9.59 Å². The first-order valence-corrected chi connectivity index (χ1v) is 10.9. The minimum absolute atomic E-state index is 0.0434. The molecule has 1 amide bonds. The monoisotopic (exact) mass is 506 g/mol. The number of nitrogens with zero attached hydrogens (tertiary/aromatic N) is 6. The lowest BCUT2D eigenvalue weighted by atomic mass is 10.1. The van der Waals surface area contributed by atoms with Crippen molar-refractivity contribution in [1.82, 2.24) is 30.7 Å². The fraction of sp³-hybridized carbons (Fsp3) is 0.174. The van der Waals surface area contributed by atoms with Crippen LogP contribution in [0.3, 0.4) is 0 Å². The number of hydrazone groups is 1. The highest BCUT2D eigenvalue weighted by Gasteiger charge is 2.25. The number of carbonyl (C=O) groups excluding carboxylic acids is 2. The molecule has 0 fully saturated rings. The molecule has 0 unspecified atom stereocenters. The molecule has 14 nitrogen and oxygen atoms in total. The molecule has 2 heterocycles. The number of para-hydroxylation sites is 1. The molecule has 4 aromatic rings. The second-order valence-electron chi connectivity index (χ2n) is 7.30. The van der Waals surface area contributed by atoms with E-state index in [1.807, 2.05) is 6.92 Å². The molecule has 0 spiro atoms. The maximum Gasteiger partial charge on any atom is 0.308 e. The minimum Gasteiger partial charge on any atom is -0.494 e. The first-order chi connectivity index (χ1) is 17.9. The zero-order valence-corrected chi connectivity index (χ0v) is 20.0. The number of nitrogen functional groups attached to an aromatic ring is 1. The van der Waals surface area contributed by atoms with Gasteiger partial charge in [0.1, 0.15) is 11.4 Å². The molecule has 0 aliphatic heterocycles. The molecular weight excluding hydrogens is 484 g/mol. The predicted octanol–water partition coefficient (Wildman–Crippen LogP) is 2.00. The smallest absolute Gasteiger partial charge is 0.308 e. The molecule has 0 saturated carbocycles. The van der Waals surface area contributed by atoms with Gasteiger partial charge in [0.25, 0.3) is 5.91 Å². The molecule has 0 aliphatic carbocycles. The Bertz CT molecular complexity index is 1440. The topological polar surface area (TPSA) is 182 Å². The van der Waals surface area contributed by atoms with E-state index in [1.54, 1.807) is 42.5 Å². The van der Waals surface area contributed by atoms with E-state index in [0.29, 0.717) is 29.2 Å². The van der Waals surface area contributed by atoms with Crippen molar-refractivity contribution in [2.75, 3.05) is 19.5 Å². The Morgan fingerprint density at radius 2 is 1.97 bits per heavy atom. The van der Waals surface area contributed by atoms with E-state index in [0.717, 1.165) is 0 Å². The van der Waals surface area contributed by atoms with E-state index < -0.39 is 11.9 Å². The van der Waals surface area contributed by atoms with Crippen LogP contribution in [0.1, 0.15) is 29.9 Å². The average molecular weight is 506 g/mol. The van der Waals surface area contributed by atoms with Crippen molar-refractivity contribution in [2.24, 2.45) is 5.10 Å². The third kappa shape index (κ3) is 5.37. The van der Waals surface area contributed by atoms with Gasteiger partial charge in [0.15, 0.2) is 17.2 Å². The van der Waals surface area contributed by atoms with Crippen molar-refractivity contribution in [3.05, 3.63) is 53.7 Å². The molecule has 2 aromatic heterocycles. The molecule has 0 saturated heterocycles. The predicted molar refractivity (Wildman–Crippen MR) is 130 cm³/mol. The summed E-state index contributed by atoms with van der Waals surface area (Å²) in [5, 5.41) is 19.3. The van der Waals surface area contributed by atoms with Gasteiger partial charge in [0.05, 0.1) is 19.9 Å². The quantitative estimate of drug-likeness (QED) is 0.147. The highest BCUT2D eigenvalue weighted by Crippen LogP contribution is 2.30. The summed E-state index contributed by atoms with van der Waals surface area (Å²) in [6.07, 6.45) is 1.30. The maximum atomic E-state index is 13.1. The lowest BCUT2D eigenvalue weighted by Crippen LogP contribution is -2.19. The third-order valence-electron chi connectivity index (χ3n) is 4.87. The lowest BCUT2D eigenvalue weighted by Gasteiger charge is -2.10. The summed E-state index contributed by atoms with van der Waals surface area (Å²) < 4.78 is 21.9. The maximum absolute atomic E-state index is 13.1. The van der Waals surface area contributed by atoms with Gasteiger partial charge in [0.2, 0.25) is 11.6 Å². The Labute approximate surface area is 210 Å². The first-order valence-electron chi connectivity index (χ1n) is 10.9. The molecule has 0 bridgehead atoms. The molecule has 0 atom stereocenters. The number of nitrogens with two attached hydrogens (primary N) is 1. The number of anilines is 1. The van der Waals surface area contributed by atoms with E-state index in [4.69, 9.17) is 19.9 Å². The van der Waals surface area contributed by atoms with Gasteiger partial charge in [-0.3, -0.25) is 9.59 Å².